The topological polar surface area (TPSA) is 89.6 Å². The lowest BCUT2D eigenvalue weighted by atomic mass is 10.1. The molecule has 0 bridgehead atoms. The fourth-order valence-electron chi connectivity index (χ4n) is 2.71. The number of thioether (sulfide) groups is 1. The lowest BCUT2D eigenvalue weighted by Crippen LogP contribution is -2.15. The van der Waals surface area contributed by atoms with Crippen LogP contribution in [0.3, 0.4) is 0 Å². The summed E-state index contributed by atoms with van der Waals surface area (Å²) in [5.74, 6) is 1.40. The van der Waals surface area contributed by atoms with Crippen LogP contribution in [-0.4, -0.2) is 29.1 Å². The van der Waals surface area contributed by atoms with E-state index in [0.717, 1.165) is 34.8 Å². The van der Waals surface area contributed by atoms with E-state index in [0.29, 0.717) is 23.9 Å². The number of aromatic nitrogens is 1. The fraction of sp³-hybridized carbons (Fsp3) is 0.316. The first-order valence-electron chi connectivity index (χ1n) is 8.64. The van der Waals surface area contributed by atoms with E-state index in [-0.39, 0.29) is 0 Å². The minimum absolute atomic E-state index is 0.293. The number of aliphatic imine (C=N–C) groups is 1. The Morgan fingerprint density at radius 3 is 2.77 bits per heavy atom. The third-order valence-electron chi connectivity index (χ3n) is 3.93. The van der Waals surface area contributed by atoms with Crippen LogP contribution in [0.15, 0.2) is 40.2 Å². The van der Waals surface area contributed by atoms with Crippen molar-refractivity contribution in [2.45, 2.75) is 31.6 Å². The molecule has 1 aliphatic rings. The molecule has 7 heteroatoms. The van der Waals surface area contributed by atoms with E-state index < -0.39 is 6.09 Å². The number of hydrogen-bond acceptors (Lipinski definition) is 6. The second kappa shape index (κ2) is 8.23. The average Bonchev–Trinajstić information content (AvgIpc) is 2.63. The predicted molar refractivity (Wildman–Crippen MR) is 107 cm³/mol. The number of aryl methyl sites for hydroxylation is 1. The summed E-state index contributed by atoms with van der Waals surface area (Å²) < 4.78 is 4.87. The third kappa shape index (κ3) is 4.16. The molecule has 2 heterocycles. The molecule has 0 radical (unpaired) electrons. The Kier molecular flexibility index (Phi) is 5.78. The number of carbonyl (C=O) groups is 1. The largest absolute Gasteiger partial charge is 0.450 e. The average molecular weight is 370 g/mol. The second-order valence-corrected chi connectivity index (χ2v) is 6.90. The summed E-state index contributed by atoms with van der Waals surface area (Å²) in [4.78, 5) is 21.4. The molecule has 0 aliphatic carbocycles. The molecule has 1 aromatic carbocycles. The number of nitrogens with zero attached hydrogens (tertiary/aromatic N) is 2. The number of carbonyl (C=O) groups excluding carboxylic acids is 1. The second-order valence-electron chi connectivity index (χ2n) is 5.88. The number of nitrogen functional groups attached to an aromatic ring is 1. The van der Waals surface area contributed by atoms with E-state index in [1.54, 1.807) is 24.8 Å². The number of nitrogens with one attached hydrogen (secondary N) is 1. The van der Waals surface area contributed by atoms with Crippen molar-refractivity contribution in [3.05, 3.63) is 41.5 Å². The number of anilines is 2. The van der Waals surface area contributed by atoms with Crippen LogP contribution >= 0.6 is 11.8 Å². The monoisotopic (exact) mass is 370 g/mol. The Morgan fingerprint density at radius 1 is 1.31 bits per heavy atom. The number of amides is 1. The molecule has 26 heavy (non-hydrogen) atoms. The van der Waals surface area contributed by atoms with Gasteiger partial charge in [0.25, 0.3) is 0 Å². The van der Waals surface area contributed by atoms with Crippen molar-refractivity contribution in [3.8, 4) is 0 Å². The van der Waals surface area contributed by atoms with Crippen LogP contribution < -0.4 is 11.1 Å². The molecule has 1 aromatic heterocycles. The molecule has 1 aliphatic heterocycles. The quantitative estimate of drug-likeness (QED) is 0.813. The van der Waals surface area contributed by atoms with Crippen LogP contribution in [0.5, 0.6) is 0 Å². The van der Waals surface area contributed by atoms with Gasteiger partial charge in [0.2, 0.25) is 0 Å². The van der Waals surface area contributed by atoms with E-state index in [1.165, 1.54) is 5.56 Å². The molecular weight excluding hydrogens is 348 g/mol. The lowest BCUT2D eigenvalue weighted by Gasteiger charge is -2.18. The van der Waals surface area contributed by atoms with Gasteiger partial charge >= 0.3 is 6.09 Å². The Balaban J connectivity index is 1.84. The maximum absolute atomic E-state index is 11.6. The minimum Gasteiger partial charge on any atom is -0.450 e. The summed E-state index contributed by atoms with van der Waals surface area (Å²) in [7, 11) is 0. The molecule has 0 atom stereocenters. The van der Waals surface area contributed by atoms with Crippen molar-refractivity contribution in [1.82, 2.24) is 4.98 Å². The van der Waals surface area contributed by atoms with Gasteiger partial charge in [0.1, 0.15) is 11.5 Å². The number of nitrogens with two attached hydrogens (primary N) is 1. The highest BCUT2D eigenvalue weighted by Crippen LogP contribution is 2.40. The molecule has 0 saturated carbocycles. The van der Waals surface area contributed by atoms with Crippen molar-refractivity contribution in [2.75, 3.05) is 23.4 Å². The Hall–Kier alpha value is -2.54. The van der Waals surface area contributed by atoms with Crippen LogP contribution in [-0.2, 0) is 11.2 Å². The van der Waals surface area contributed by atoms with Crippen LogP contribution in [0, 0.1) is 0 Å². The van der Waals surface area contributed by atoms with Gasteiger partial charge in [-0.25, -0.2) is 14.8 Å². The van der Waals surface area contributed by atoms with Crippen LogP contribution in [0.1, 0.15) is 31.4 Å². The number of ether oxygens (including phenoxy) is 1. The summed E-state index contributed by atoms with van der Waals surface area (Å²) in [6.45, 7) is 4.22. The minimum atomic E-state index is -0.545. The molecule has 3 N–H and O–H groups in total. The maximum atomic E-state index is 11.6. The first kappa shape index (κ1) is 18.3. The Bertz CT molecular complexity index is 834. The van der Waals surface area contributed by atoms with Crippen LogP contribution in [0.4, 0.5) is 22.1 Å². The van der Waals surface area contributed by atoms with E-state index in [4.69, 9.17) is 15.5 Å². The predicted octanol–water partition coefficient (Wildman–Crippen LogP) is 4.41. The van der Waals surface area contributed by atoms with Crippen molar-refractivity contribution >= 4 is 40.9 Å². The van der Waals surface area contributed by atoms with Gasteiger partial charge in [0.15, 0.2) is 5.82 Å². The van der Waals surface area contributed by atoms with Gasteiger partial charge in [0, 0.05) is 10.6 Å². The smallest absolute Gasteiger partial charge is 0.412 e. The zero-order chi connectivity index (χ0) is 18.5. The molecule has 0 unspecified atom stereocenters. The molecule has 3 rings (SSSR count). The van der Waals surface area contributed by atoms with E-state index in [9.17, 15) is 4.79 Å². The molecule has 2 aromatic rings. The summed E-state index contributed by atoms with van der Waals surface area (Å²) in [6.07, 6.45) is 1.67. The van der Waals surface area contributed by atoms with E-state index in [2.05, 4.69) is 41.5 Å². The van der Waals surface area contributed by atoms with Gasteiger partial charge in [-0.05, 0) is 30.5 Å². The first-order valence-corrected chi connectivity index (χ1v) is 9.63. The summed E-state index contributed by atoms with van der Waals surface area (Å²) >= 11 is 1.63. The van der Waals surface area contributed by atoms with Gasteiger partial charge in [-0.1, -0.05) is 37.6 Å². The highest BCUT2D eigenvalue weighted by Gasteiger charge is 2.19. The van der Waals surface area contributed by atoms with Crippen molar-refractivity contribution in [1.29, 1.82) is 0 Å². The van der Waals surface area contributed by atoms with Gasteiger partial charge in [-0.2, -0.15) is 0 Å². The van der Waals surface area contributed by atoms with Gasteiger partial charge in [-0.15, -0.1) is 11.8 Å². The van der Waals surface area contributed by atoms with Crippen molar-refractivity contribution in [2.24, 2.45) is 4.99 Å². The maximum Gasteiger partial charge on any atom is 0.412 e. The standard InChI is InChI=1S/C19H22N4O2S/c1-3-5-12-6-8-13(9-7-12)14-11-26-15-10-16(23-19(24)25-4-2)22-18(20)17(15)21-14/h6-10H,3-5,11H2,1-2H3,(H3,20,22,23,24). The summed E-state index contributed by atoms with van der Waals surface area (Å²) in [6, 6.07) is 10.3. The number of hydrogen-bond donors (Lipinski definition) is 2. The lowest BCUT2D eigenvalue weighted by molar-refractivity contribution is 0.168. The van der Waals surface area contributed by atoms with E-state index >= 15 is 0 Å². The molecule has 0 saturated heterocycles. The zero-order valence-corrected chi connectivity index (χ0v) is 15.7. The van der Waals surface area contributed by atoms with E-state index in [1.807, 2.05) is 0 Å². The van der Waals surface area contributed by atoms with Gasteiger partial charge in [-0.3, -0.25) is 5.32 Å². The van der Waals surface area contributed by atoms with Crippen LogP contribution in [0.2, 0.25) is 0 Å². The number of benzene rings is 1. The number of rotatable bonds is 5. The zero-order valence-electron chi connectivity index (χ0n) is 14.9. The molecular formula is C19H22N4O2S. The fourth-order valence-corrected chi connectivity index (χ4v) is 3.71. The van der Waals surface area contributed by atoms with Crippen molar-refractivity contribution < 1.29 is 9.53 Å². The molecule has 1 amide bonds. The number of pyridine rings is 1. The highest BCUT2D eigenvalue weighted by molar-refractivity contribution is 8.00. The normalized spacial score (nSPS) is 12.9. The Morgan fingerprint density at radius 2 is 2.08 bits per heavy atom. The van der Waals surface area contributed by atoms with Gasteiger partial charge < -0.3 is 10.5 Å². The third-order valence-corrected chi connectivity index (χ3v) is 4.97. The molecule has 136 valence electrons. The van der Waals surface area contributed by atoms with Gasteiger partial charge in [0.05, 0.1) is 12.3 Å². The summed E-state index contributed by atoms with van der Waals surface area (Å²) in [5.41, 5.74) is 10.1. The SMILES string of the molecule is CCCc1ccc(C2=Nc3c(cc(NC(=O)OCC)nc3N)SC2)cc1. The molecule has 0 spiro atoms. The molecule has 6 nitrogen and oxygen atoms in total. The summed E-state index contributed by atoms with van der Waals surface area (Å²) in [5, 5.41) is 2.58. The highest BCUT2D eigenvalue weighted by atomic mass is 32.2. The first-order chi connectivity index (χ1) is 12.6. The number of fused-ring (bicyclic) bond motifs is 1. The Labute approximate surface area is 157 Å². The molecule has 0 fully saturated rings. The van der Waals surface area contributed by atoms with Crippen molar-refractivity contribution in [3.63, 3.8) is 0 Å². The van der Waals surface area contributed by atoms with Crippen LogP contribution in [0.25, 0.3) is 0 Å².